The number of aromatic nitrogens is 3. The second kappa shape index (κ2) is 4.77. The van der Waals surface area contributed by atoms with Gasteiger partial charge in [-0.05, 0) is 34.5 Å². The maximum absolute atomic E-state index is 12.0. The van der Waals surface area contributed by atoms with Crippen molar-refractivity contribution in [2.75, 3.05) is 11.1 Å². The van der Waals surface area contributed by atoms with Crippen LogP contribution in [0.1, 0.15) is 16.1 Å². The highest BCUT2D eigenvalue weighted by molar-refractivity contribution is 9.10. The van der Waals surface area contributed by atoms with Crippen molar-refractivity contribution >= 4 is 33.2 Å². The van der Waals surface area contributed by atoms with Gasteiger partial charge in [0, 0.05) is 7.05 Å². The lowest BCUT2D eigenvalue weighted by Crippen LogP contribution is -2.17. The lowest BCUT2D eigenvalue weighted by atomic mass is 10.3. The molecule has 0 bridgehead atoms. The maximum atomic E-state index is 12.0. The number of pyridine rings is 1. The Balaban J connectivity index is 2.24. The molecule has 2 heterocycles. The number of carbonyl (C=O) groups is 1. The van der Waals surface area contributed by atoms with E-state index < -0.39 is 0 Å². The largest absolute Gasteiger partial charge is 0.396 e. The molecule has 2 rings (SSSR count). The number of nitrogens with two attached hydrogens (primary N) is 1. The van der Waals surface area contributed by atoms with Gasteiger partial charge in [0.2, 0.25) is 0 Å². The van der Waals surface area contributed by atoms with E-state index in [-0.39, 0.29) is 5.91 Å². The van der Waals surface area contributed by atoms with E-state index in [0.29, 0.717) is 17.1 Å². The second-order valence-corrected chi connectivity index (χ2v) is 4.61. The van der Waals surface area contributed by atoms with Crippen molar-refractivity contribution < 1.29 is 4.79 Å². The third-order valence-corrected chi connectivity index (χ3v) is 3.28. The van der Waals surface area contributed by atoms with Crippen LogP contribution >= 0.6 is 15.9 Å². The van der Waals surface area contributed by atoms with E-state index in [1.807, 2.05) is 13.0 Å². The van der Waals surface area contributed by atoms with E-state index in [9.17, 15) is 4.79 Å². The Bertz CT molecular complexity index is 588. The number of amides is 1. The molecule has 18 heavy (non-hydrogen) atoms. The van der Waals surface area contributed by atoms with Gasteiger partial charge in [0.15, 0.2) is 0 Å². The highest BCUT2D eigenvalue weighted by Gasteiger charge is 2.15. The van der Waals surface area contributed by atoms with Crippen molar-refractivity contribution in [3.05, 3.63) is 34.3 Å². The molecule has 0 aliphatic heterocycles. The number of rotatable bonds is 2. The molecule has 0 fully saturated rings. The molecule has 94 valence electrons. The number of nitrogens with one attached hydrogen (secondary N) is 1. The van der Waals surface area contributed by atoms with Gasteiger partial charge in [0.1, 0.15) is 10.3 Å². The summed E-state index contributed by atoms with van der Waals surface area (Å²) in [5, 5.41) is 6.65. The maximum Gasteiger partial charge on any atom is 0.276 e. The van der Waals surface area contributed by atoms with E-state index >= 15 is 0 Å². The van der Waals surface area contributed by atoms with Crippen LogP contribution in [0.3, 0.4) is 0 Å². The molecular weight excluding hydrogens is 298 g/mol. The summed E-state index contributed by atoms with van der Waals surface area (Å²) in [5.74, 6) is -0.309. The first-order valence-corrected chi connectivity index (χ1v) is 5.99. The van der Waals surface area contributed by atoms with Gasteiger partial charge in [-0.3, -0.25) is 9.48 Å². The highest BCUT2D eigenvalue weighted by Crippen LogP contribution is 2.18. The second-order valence-electron chi connectivity index (χ2n) is 3.86. The minimum atomic E-state index is -0.309. The van der Waals surface area contributed by atoms with Crippen LogP contribution in [0.5, 0.6) is 0 Å². The molecule has 0 unspecified atom stereocenters. The fourth-order valence-electron chi connectivity index (χ4n) is 1.55. The quantitative estimate of drug-likeness (QED) is 0.827. The molecule has 1 amide bonds. The summed E-state index contributed by atoms with van der Waals surface area (Å²) in [6.45, 7) is 1.89. The molecule has 0 aromatic carbocycles. The third-order valence-electron chi connectivity index (χ3n) is 2.45. The average Bonchev–Trinajstić information content (AvgIpc) is 2.64. The van der Waals surface area contributed by atoms with Gasteiger partial charge in [0.25, 0.3) is 5.91 Å². The fraction of sp³-hybridized carbons (Fsp3) is 0.182. The molecule has 6 nitrogen and oxygen atoms in total. The Morgan fingerprint density at radius 2 is 2.22 bits per heavy atom. The van der Waals surface area contributed by atoms with Crippen molar-refractivity contribution in [1.29, 1.82) is 0 Å². The van der Waals surface area contributed by atoms with E-state index in [1.165, 1.54) is 10.9 Å². The number of nitrogens with zero attached hydrogens (tertiary/aromatic N) is 3. The van der Waals surface area contributed by atoms with Gasteiger partial charge >= 0.3 is 0 Å². The Hall–Kier alpha value is -1.89. The van der Waals surface area contributed by atoms with Crippen molar-refractivity contribution in [2.24, 2.45) is 7.05 Å². The van der Waals surface area contributed by atoms with Crippen LogP contribution in [-0.4, -0.2) is 20.7 Å². The van der Waals surface area contributed by atoms with Crippen LogP contribution in [0.15, 0.2) is 23.1 Å². The van der Waals surface area contributed by atoms with Crippen LogP contribution in [0.4, 0.5) is 11.4 Å². The van der Waals surface area contributed by atoms with Crippen molar-refractivity contribution in [3.63, 3.8) is 0 Å². The molecule has 7 heteroatoms. The fourth-order valence-corrected chi connectivity index (χ4v) is 1.77. The molecule has 0 aliphatic carbocycles. The zero-order valence-corrected chi connectivity index (χ0v) is 11.5. The molecule has 2 aromatic rings. The van der Waals surface area contributed by atoms with Crippen LogP contribution in [0, 0.1) is 6.92 Å². The Morgan fingerprint density at radius 1 is 1.50 bits per heavy atom. The summed E-state index contributed by atoms with van der Waals surface area (Å²) < 4.78 is 2.18. The topological polar surface area (TPSA) is 85.8 Å². The van der Waals surface area contributed by atoms with Crippen molar-refractivity contribution in [3.8, 4) is 0 Å². The summed E-state index contributed by atoms with van der Waals surface area (Å²) >= 11 is 3.30. The summed E-state index contributed by atoms with van der Waals surface area (Å²) in [5.41, 5.74) is 7.90. The minimum Gasteiger partial charge on any atom is -0.396 e. The van der Waals surface area contributed by atoms with Crippen LogP contribution in [0.25, 0.3) is 0 Å². The summed E-state index contributed by atoms with van der Waals surface area (Å²) in [6.07, 6.45) is 3.02. The molecule has 0 atom stereocenters. The van der Waals surface area contributed by atoms with Gasteiger partial charge < -0.3 is 11.1 Å². The first-order chi connectivity index (χ1) is 8.49. The first-order valence-electron chi connectivity index (χ1n) is 5.20. The van der Waals surface area contributed by atoms with Crippen LogP contribution < -0.4 is 11.1 Å². The molecule has 0 radical (unpaired) electrons. The molecule has 0 aliphatic rings. The molecular formula is C11H12BrN5O. The summed E-state index contributed by atoms with van der Waals surface area (Å²) in [7, 11) is 1.66. The zero-order valence-electron chi connectivity index (χ0n) is 9.94. The summed E-state index contributed by atoms with van der Waals surface area (Å²) in [4.78, 5) is 16.1. The first kappa shape index (κ1) is 12.6. The summed E-state index contributed by atoms with van der Waals surface area (Å²) in [6, 6.07) is 1.82. The smallest absolute Gasteiger partial charge is 0.276 e. The van der Waals surface area contributed by atoms with E-state index in [1.54, 1.807) is 13.2 Å². The molecule has 0 saturated heterocycles. The SMILES string of the molecule is Cc1cc(NC(=O)c2c(N)cnn2C)cnc1Br. The lowest BCUT2D eigenvalue weighted by Gasteiger charge is -2.07. The molecule has 2 aromatic heterocycles. The van der Waals surface area contributed by atoms with Gasteiger partial charge in [-0.15, -0.1) is 0 Å². The number of anilines is 2. The minimum absolute atomic E-state index is 0.309. The van der Waals surface area contributed by atoms with Crippen molar-refractivity contribution in [1.82, 2.24) is 14.8 Å². The predicted octanol–water partition coefficient (Wildman–Crippen LogP) is 1.72. The number of hydrogen-bond acceptors (Lipinski definition) is 4. The Morgan fingerprint density at radius 3 is 2.78 bits per heavy atom. The van der Waals surface area contributed by atoms with Gasteiger partial charge in [0.05, 0.1) is 23.8 Å². The standard InChI is InChI=1S/C11H12BrN5O/c1-6-3-7(4-14-10(6)12)16-11(18)9-8(13)5-15-17(9)2/h3-5H,13H2,1-2H3,(H,16,18). The normalized spacial score (nSPS) is 10.4. The van der Waals surface area contributed by atoms with Gasteiger partial charge in [-0.25, -0.2) is 4.98 Å². The average molecular weight is 310 g/mol. The number of halogens is 1. The van der Waals surface area contributed by atoms with E-state index in [4.69, 9.17) is 5.73 Å². The van der Waals surface area contributed by atoms with E-state index in [2.05, 4.69) is 31.3 Å². The predicted molar refractivity (Wildman–Crippen MR) is 72.2 cm³/mol. The number of nitrogen functional groups attached to an aromatic ring is 1. The highest BCUT2D eigenvalue weighted by atomic mass is 79.9. The number of carbonyl (C=O) groups excluding carboxylic acids is 1. The van der Waals surface area contributed by atoms with Gasteiger partial charge in [-0.2, -0.15) is 5.10 Å². The van der Waals surface area contributed by atoms with Gasteiger partial charge in [-0.1, -0.05) is 0 Å². The Kier molecular flexibility index (Phi) is 3.33. The number of hydrogen-bond donors (Lipinski definition) is 2. The lowest BCUT2D eigenvalue weighted by molar-refractivity contribution is 0.101. The number of aryl methyl sites for hydroxylation is 2. The van der Waals surface area contributed by atoms with Crippen molar-refractivity contribution in [2.45, 2.75) is 6.92 Å². The molecule has 0 saturated carbocycles. The molecule has 0 spiro atoms. The van der Waals surface area contributed by atoms with Crippen LogP contribution in [0.2, 0.25) is 0 Å². The van der Waals surface area contributed by atoms with Crippen LogP contribution in [-0.2, 0) is 7.05 Å². The van der Waals surface area contributed by atoms with E-state index in [0.717, 1.165) is 10.2 Å². The monoisotopic (exact) mass is 309 g/mol. The molecule has 3 N–H and O–H groups in total. The zero-order chi connectivity index (χ0) is 13.3. The third kappa shape index (κ3) is 2.35. The Labute approximate surface area is 112 Å².